The first-order chi connectivity index (χ1) is 7.95. The van der Waals surface area contributed by atoms with Gasteiger partial charge in [-0.2, -0.15) is 0 Å². The van der Waals surface area contributed by atoms with Crippen LogP contribution in [-0.2, 0) is 14.3 Å². The first-order valence-electron chi connectivity index (χ1n) is 5.92. The summed E-state index contributed by atoms with van der Waals surface area (Å²) in [5.74, 6) is -0.523. The number of methoxy groups -OCH3 is 1. The van der Waals surface area contributed by atoms with E-state index >= 15 is 0 Å². The van der Waals surface area contributed by atoms with Crippen molar-refractivity contribution < 1.29 is 19.4 Å². The standard InChI is InChI=1S/C13H20O4/c1-4-13(16,5-2)12(11(15)17-3)8-6-7-10(14)9-12/h4,16H,1,5-9H2,2-3H3. The van der Waals surface area contributed by atoms with Crippen LogP contribution in [0.5, 0.6) is 0 Å². The maximum Gasteiger partial charge on any atom is 0.315 e. The molecule has 96 valence electrons. The number of Topliss-reactive ketones (excluding diaryl/α,β-unsaturated/α-hetero) is 1. The highest BCUT2D eigenvalue weighted by atomic mass is 16.5. The number of carbonyl (C=O) groups is 2. The van der Waals surface area contributed by atoms with E-state index in [9.17, 15) is 14.7 Å². The van der Waals surface area contributed by atoms with E-state index in [2.05, 4.69) is 6.58 Å². The van der Waals surface area contributed by atoms with Gasteiger partial charge < -0.3 is 9.84 Å². The van der Waals surface area contributed by atoms with Crippen LogP contribution in [0.3, 0.4) is 0 Å². The van der Waals surface area contributed by atoms with Crippen LogP contribution >= 0.6 is 0 Å². The third kappa shape index (κ3) is 2.14. The normalized spacial score (nSPS) is 28.3. The van der Waals surface area contributed by atoms with Crippen molar-refractivity contribution in [1.29, 1.82) is 0 Å². The van der Waals surface area contributed by atoms with Crippen LogP contribution in [0.4, 0.5) is 0 Å². The molecule has 2 unspecified atom stereocenters. The molecule has 1 aliphatic carbocycles. The molecule has 4 nitrogen and oxygen atoms in total. The fourth-order valence-electron chi connectivity index (χ4n) is 2.69. The van der Waals surface area contributed by atoms with E-state index in [4.69, 9.17) is 4.74 Å². The van der Waals surface area contributed by atoms with Crippen molar-refractivity contribution in [3.05, 3.63) is 12.7 Å². The minimum Gasteiger partial charge on any atom is -0.468 e. The molecule has 4 heteroatoms. The average Bonchev–Trinajstić information content (AvgIpc) is 2.36. The predicted molar refractivity (Wildman–Crippen MR) is 63.4 cm³/mol. The van der Waals surface area contributed by atoms with Gasteiger partial charge in [0, 0.05) is 12.8 Å². The highest BCUT2D eigenvalue weighted by Crippen LogP contribution is 2.47. The molecule has 0 aromatic rings. The lowest BCUT2D eigenvalue weighted by Gasteiger charge is -2.44. The lowest BCUT2D eigenvalue weighted by molar-refractivity contribution is -0.174. The zero-order valence-corrected chi connectivity index (χ0v) is 10.5. The minimum absolute atomic E-state index is 0.00428. The second-order valence-corrected chi connectivity index (χ2v) is 4.62. The fraction of sp³-hybridized carbons (Fsp3) is 0.692. The second kappa shape index (κ2) is 5.00. The summed E-state index contributed by atoms with van der Waals surface area (Å²) in [5.41, 5.74) is -2.54. The molecule has 0 bridgehead atoms. The molecule has 0 spiro atoms. The van der Waals surface area contributed by atoms with Crippen molar-refractivity contribution in [3.63, 3.8) is 0 Å². The summed E-state index contributed by atoms with van der Waals surface area (Å²) in [7, 11) is 1.28. The van der Waals surface area contributed by atoms with Gasteiger partial charge in [0.2, 0.25) is 0 Å². The molecule has 17 heavy (non-hydrogen) atoms. The molecule has 2 atom stereocenters. The Bertz CT molecular complexity index is 336. The number of rotatable bonds is 4. The van der Waals surface area contributed by atoms with Crippen LogP contribution in [0.15, 0.2) is 12.7 Å². The van der Waals surface area contributed by atoms with Crippen LogP contribution in [0, 0.1) is 5.41 Å². The first kappa shape index (κ1) is 13.9. The van der Waals surface area contributed by atoms with Crippen molar-refractivity contribution in [2.24, 2.45) is 5.41 Å². The Kier molecular flexibility index (Phi) is 4.09. The first-order valence-corrected chi connectivity index (χ1v) is 5.92. The average molecular weight is 240 g/mol. The molecule has 1 fully saturated rings. The van der Waals surface area contributed by atoms with Gasteiger partial charge >= 0.3 is 5.97 Å². The maximum atomic E-state index is 12.0. The number of esters is 1. The van der Waals surface area contributed by atoms with E-state index in [0.29, 0.717) is 25.7 Å². The highest BCUT2D eigenvalue weighted by Gasteiger charge is 2.56. The predicted octanol–water partition coefficient (Wildman–Crippen LogP) is 1.62. The Morgan fingerprint density at radius 1 is 1.71 bits per heavy atom. The maximum absolute atomic E-state index is 12.0. The van der Waals surface area contributed by atoms with Crippen molar-refractivity contribution in [1.82, 2.24) is 0 Å². The smallest absolute Gasteiger partial charge is 0.315 e. The summed E-state index contributed by atoms with van der Waals surface area (Å²) < 4.78 is 4.79. The monoisotopic (exact) mass is 240 g/mol. The van der Waals surface area contributed by atoms with Crippen molar-refractivity contribution in [3.8, 4) is 0 Å². The topological polar surface area (TPSA) is 63.6 Å². The largest absolute Gasteiger partial charge is 0.468 e. The van der Waals surface area contributed by atoms with Gasteiger partial charge in [0.25, 0.3) is 0 Å². The molecule has 1 rings (SSSR count). The van der Waals surface area contributed by atoms with Crippen LogP contribution in [-0.4, -0.2) is 29.6 Å². The number of aliphatic hydroxyl groups is 1. The van der Waals surface area contributed by atoms with Gasteiger partial charge in [-0.1, -0.05) is 13.0 Å². The van der Waals surface area contributed by atoms with Gasteiger partial charge in [0.15, 0.2) is 0 Å². The van der Waals surface area contributed by atoms with E-state index in [0.717, 1.165) is 0 Å². The van der Waals surface area contributed by atoms with Gasteiger partial charge in [-0.05, 0) is 19.3 Å². The Hall–Kier alpha value is -1.16. The molecule has 0 radical (unpaired) electrons. The molecular weight excluding hydrogens is 220 g/mol. The molecule has 0 amide bonds. The zero-order chi connectivity index (χ0) is 13.1. The van der Waals surface area contributed by atoms with Gasteiger partial charge in [0.05, 0.1) is 12.7 Å². The second-order valence-electron chi connectivity index (χ2n) is 4.62. The number of hydrogen-bond acceptors (Lipinski definition) is 4. The Morgan fingerprint density at radius 2 is 2.35 bits per heavy atom. The van der Waals surface area contributed by atoms with Gasteiger partial charge in [-0.25, -0.2) is 0 Å². The minimum atomic E-state index is -1.38. The van der Waals surface area contributed by atoms with Crippen LogP contribution in [0.25, 0.3) is 0 Å². The Balaban J connectivity index is 3.22. The molecular formula is C13H20O4. The summed E-state index contributed by atoms with van der Waals surface area (Å²) in [6, 6.07) is 0. The SMILES string of the molecule is C=CC(O)(CC)C1(C(=O)OC)CCCC(=O)C1. The summed E-state index contributed by atoms with van der Waals surface area (Å²) >= 11 is 0. The van der Waals surface area contributed by atoms with Crippen LogP contribution < -0.4 is 0 Å². The zero-order valence-electron chi connectivity index (χ0n) is 10.5. The molecule has 0 aromatic heterocycles. The Morgan fingerprint density at radius 3 is 2.76 bits per heavy atom. The van der Waals surface area contributed by atoms with E-state index in [1.54, 1.807) is 6.92 Å². The molecule has 0 heterocycles. The third-order valence-corrected chi connectivity index (χ3v) is 3.84. The van der Waals surface area contributed by atoms with Crippen LogP contribution in [0.1, 0.15) is 39.0 Å². The molecule has 1 aliphatic rings. The lowest BCUT2D eigenvalue weighted by atomic mass is 9.62. The quantitative estimate of drug-likeness (QED) is 0.599. The van der Waals surface area contributed by atoms with Gasteiger partial charge in [0.1, 0.15) is 11.2 Å². The van der Waals surface area contributed by atoms with Crippen molar-refractivity contribution in [2.75, 3.05) is 7.11 Å². The third-order valence-electron chi connectivity index (χ3n) is 3.84. The van der Waals surface area contributed by atoms with E-state index in [1.807, 2.05) is 0 Å². The summed E-state index contributed by atoms with van der Waals surface area (Å²) in [6.07, 6.45) is 3.26. The summed E-state index contributed by atoms with van der Waals surface area (Å²) in [6.45, 7) is 5.37. The van der Waals surface area contributed by atoms with Crippen molar-refractivity contribution in [2.45, 2.75) is 44.6 Å². The lowest BCUT2D eigenvalue weighted by Crippen LogP contribution is -2.54. The number of ketones is 1. The van der Waals surface area contributed by atoms with Gasteiger partial charge in [-0.3, -0.25) is 9.59 Å². The molecule has 0 aliphatic heterocycles. The Labute approximate surface area is 102 Å². The van der Waals surface area contributed by atoms with E-state index in [1.165, 1.54) is 13.2 Å². The molecule has 1 saturated carbocycles. The van der Waals surface area contributed by atoms with Crippen LogP contribution in [0.2, 0.25) is 0 Å². The summed E-state index contributed by atoms with van der Waals surface area (Å²) in [4.78, 5) is 23.6. The molecule has 0 aromatic carbocycles. The van der Waals surface area contributed by atoms with Gasteiger partial charge in [-0.15, -0.1) is 6.58 Å². The number of ether oxygens (including phenoxy) is 1. The van der Waals surface area contributed by atoms with E-state index < -0.39 is 17.0 Å². The number of hydrogen-bond donors (Lipinski definition) is 1. The fourth-order valence-corrected chi connectivity index (χ4v) is 2.69. The molecule has 1 N–H and O–H groups in total. The van der Waals surface area contributed by atoms with Crippen molar-refractivity contribution >= 4 is 11.8 Å². The van der Waals surface area contributed by atoms with E-state index in [-0.39, 0.29) is 12.2 Å². The number of carbonyl (C=O) groups excluding carboxylic acids is 2. The summed E-state index contributed by atoms with van der Waals surface area (Å²) in [5, 5.41) is 10.6. The molecule has 0 saturated heterocycles. The highest BCUT2D eigenvalue weighted by molar-refractivity contribution is 5.89.